The predicted octanol–water partition coefficient (Wildman–Crippen LogP) is -3.91. The van der Waals surface area contributed by atoms with Crippen LogP contribution < -0.4 is 51.4 Å². The van der Waals surface area contributed by atoms with Crippen molar-refractivity contribution in [3.8, 4) is 0 Å². The second-order valence-electron chi connectivity index (χ2n) is 2.12. The van der Waals surface area contributed by atoms with Crippen molar-refractivity contribution in [2.75, 3.05) is 0 Å². The topological polar surface area (TPSA) is 94.5 Å². The first-order valence-electron chi connectivity index (χ1n) is 3.00. The van der Waals surface area contributed by atoms with Crippen LogP contribution in [0.2, 0.25) is 10.6 Å². The molecule has 1 fully saturated rings. The Morgan fingerprint density at radius 1 is 0.800 bits per heavy atom. The molecule has 0 atom stereocenters. The van der Waals surface area contributed by atoms with E-state index in [0.717, 1.165) is 0 Å². The number of hydrogen-bond donors (Lipinski definition) is 0. The van der Waals surface area contributed by atoms with Gasteiger partial charge in [0.25, 0.3) is 0 Å². The summed E-state index contributed by atoms with van der Waals surface area (Å²) in [6, 6.07) is 0. The maximum atomic E-state index is 1.64. The van der Waals surface area contributed by atoms with E-state index in [9.17, 15) is 0 Å². The first kappa shape index (κ1) is 22.7. The first-order chi connectivity index (χ1) is 3.00. The van der Waals surface area contributed by atoms with E-state index >= 15 is 0 Å². The molecular formula is C5H18AlKO3. The van der Waals surface area contributed by atoms with E-state index in [4.69, 9.17) is 0 Å². The van der Waals surface area contributed by atoms with E-state index in [1.54, 1.807) is 23.4 Å². The molecule has 1 rings (SSSR count). The first-order valence-corrected chi connectivity index (χ1v) is 5.00. The molecule has 0 unspecified atom stereocenters. The van der Waals surface area contributed by atoms with Crippen molar-refractivity contribution in [2.45, 2.75) is 29.8 Å². The van der Waals surface area contributed by atoms with Crippen LogP contribution in [-0.4, -0.2) is 31.6 Å². The zero-order valence-corrected chi connectivity index (χ0v) is 11.3. The van der Waals surface area contributed by atoms with Crippen molar-refractivity contribution in [3.05, 3.63) is 0 Å². The van der Waals surface area contributed by atoms with Gasteiger partial charge in [-0.3, -0.25) is 0 Å². The molecule has 1 saturated heterocycles. The van der Waals surface area contributed by atoms with E-state index < -0.39 is 0 Å². The fourth-order valence-corrected chi connectivity index (χ4v) is 2.83. The molecule has 3 nitrogen and oxygen atoms in total. The summed E-state index contributed by atoms with van der Waals surface area (Å²) in [5, 5.41) is 3.28. The van der Waals surface area contributed by atoms with Crippen molar-refractivity contribution in [1.82, 2.24) is 0 Å². The van der Waals surface area contributed by atoms with Gasteiger partial charge in [-0.2, -0.15) is 0 Å². The second-order valence-corrected chi connectivity index (χ2v) is 4.24. The van der Waals surface area contributed by atoms with Gasteiger partial charge in [-0.25, -0.2) is 0 Å². The van der Waals surface area contributed by atoms with Crippen molar-refractivity contribution in [2.24, 2.45) is 0 Å². The Morgan fingerprint density at radius 2 is 1.20 bits per heavy atom. The van der Waals surface area contributed by atoms with Gasteiger partial charge in [-0.1, -0.05) is 29.8 Å². The molecule has 60 valence electrons. The van der Waals surface area contributed by atoms with Crippen molar-refractivity contribution in [1.29, 1.82) is 0 Å². The molecule has 0 radical (unpaired) electrons. The zero-order chi connectivity index (χ0) is 4.24. The van der Waals surface area contributed by atoms with Crippen molar-refractivity contribution < 1.29 is 69.2 Å². The SMILES string of the molecule is C1C[CH2][AlH][CH2]C1.O.O.O.[H-].[K+]. The van der Waals surface area contributed by atoms with Gasteiger partial charge in [-0.05, 0) is 0 Å². The Balaban J connectivity index is -0.0000000240. The van der Waals surface area contributed by atoms with Crippen molar-refractivity contribution in [3.63, 3.8) is 0 Å². The normalized spacial score (nSPS) is 13.6. The standard InChI is InChI=1S/C5H10.Al.K.3H2O.2H/c1-3-5-4-2;;;;;;;/h1-5H2;;;3*1H2;;/q;;+1;;;;;-1. The molecule has 5 heteroatoms. The molecule has 1 aliphatic heterocycles. The van der Waals surface area contributed by atoms with Gasteiger partial charge < -0.3 is 17.9 Å². The van der Waals surface area contributed by atoms with Crippen LogP contribution in [0.15, 0.2) is 0 Å². The van der Waals surface area contributed by atoms with Gasteiger partial charge >= 0.3 is 51.4 Å². The third-order valence-corrected chi connectivity index (χ3v) is 3.50. The maximum Gasteiger partial charge on any atom is 1.00 e. The van der Waals surface area contributed by atoms with Crippen LogP contribution in [0.3, 0.4) is 0 Å². The van der Waals surface area contributed by atoms with Crippen LogP contribution in [0, 0.1) is 0 Å². The molecule has 10 heavy (non-hydrogen) atoms. The number of hydrogen-bond acceptors (Lipinski definition) is 0. The second kappa shape index (κ2) is 17.2. The minimum Gasteiger partial charge on any atom is -1.00 e. The molecule has 0 amide bonds. The third-order valence-electron chi connectivity index (χ3n) is 1.50. The predicted molar refractivity (Wildman–Crippen MR) is 42.6 cm³/mol. The quantitative estimate of drug-likeness (QED) is 0.351. The third kappa shape index (κ3) is 12.7. The Hall–Kier alpha value is 2.05. The van der Waals surface area contributed by atoms with E-state index in [2.05, 4.69) is 0 Å². The Bertz CT molecular complexity index is 37.2. The fourth-order valence-electron chi connectivity index (χ4n) is 1.06. The van der Waals surface area contributed by atoms with Gasteiger partial charge in [-0.15, -0.1) is 0 Å². The van der Waals surface area contributed by atoms with Crippen LogP contribution in [0.4, 0.5) is 0 Å². The molecular weight excluding hydrogens is 174 g/mol. The fraction of sp³-hybridized carbons (Fsp3) is 1.00. The molecule has 0 spiro atoms. The zero-order valence-electron chi connectivity index (χ0n) is 7.74. The average Bonchev–Trinajstić information content (AvgIpc) is 1.72. The smallest absolute Gasteiger partial charge is 1.00 e. The number of rotatable bonds is 0. The molecule has 0 aliphatic carbocycles. The van der Waals surface area contributed by atoms with Gasteiger partial charge in [0.15, 0.2) is 0 Å². The minimum absolute atomic E-state index is 0. The summed E-state index contributed by atoms with van der Waals surface area (Å²) in [4.78, 5) is 0. The van der Waals surface area contributed by atoms with Crippen LogP contribution in [0.25, 0.3) is 0 Å². The summed E-state index contributed by atoms with van der Waals surface area (Å²) in [5.41, 5.74) is 0. The van der Waals surface area contributed by atoms with Crippen LogP contribution in [0.5, 0.6) is 0 Å². The van der Waals surface area contributed by atoms with Crippen LogP contribution >= 0.6 is 0 Å². The molecule has 1 aliphatic rings. The van der Waals surface area contributed by atoms with E-state index in [1.807, 2.05) is 0 Å². The average molecular weight is 192 g/mol. The molecule has 0 saturated carbocycles. The largest absolute Gasteiger partial charge is 1.00 e. The summed E-state index contributed by atoms with van der Waals surface area (Å²) in [7, 11) is 0. The van der Waals surface area contributed by atoms with E-state index in [1.165, 1.54) is 6.42 Å². The Kier molecular flexibility index (Phi) is 39.1. The van der Waals surface area contributed by atoms with Gasteiger partial charge in [0, 0.05) is 0 Å². The van der Waals surface area contributed by atoms with Crippen molar-refractivity contribution >= 4 is 15.2 Å². The summed E-state index contributed by atoms with van der Waals surface area (Å²) in [5.74, 6) is 0. The Morgan fingerprint density at radius 3 is 1.30 bits per heavy atom. The molecule has 0 aromatic rings. The minimum atomic E-state index is 0. The summed E-state index contributed by atoms with van der Waals surface area (Å²) in [6.45, 7) is 0. The monoisotopic (exact) mass is 192 g/mol. The van der Waals surface area contributed by atoms with Gasteiger partial charge in [0.2, 0.25) is 15.2 Å². The molecule has 1 heterocycles. The summed E-state index contributed by atoms with van der Waals surface area (Å²) >= 11 is 0.508. The molecule has 0 aromatic heterocycles. The summed E-state index contributed by atoms with van der Waals surface area (Å²) < 4.78 is 0. The molecule has 6 N–H and O–H groups in total. The van der Waals surface area contributed by atoms with Gasteiger partial charge in [0.1, 0.15) is 0 Å². The molecule has 0 bridgehead atoms. The Labute approximate surface area is 112 Å². The van der Waals surface area contributed by atoms with Gasteiger partial charge in [0.05, 0.1) is 0 Å². The summed E-state index contributed by atoms with van der Waals surface area (Å²) in [6.07, 6.45) is 4.66. The van der Waals surface area contributed by atoms with Crippen LogP contribution in [-0.2, 0) is 0 Å². The van der Waals surface area contributed by atoms with E-state index in [0.29, 0.717) is 15.2 Å². The van der Waals surface area contributed by atoms with E-state index in [-0.39, 0.29) is 69.2 Å². The maximum absolute atomic E-state index is 1.64. The molecule has 0 aromatic carbocycles. The van der Waals surface area contributed by atoms with Crippen LogP contribution in [0.1, 0.15) is 20.7 Å².